The molecule has 122 valence electrons. The van der Waals surface area contributed by atoms with Gasteiger partial charge in [0, 0.05) is 18.3 Å². The van der Waals surface area contributed by atoms with Gasteiger partial charge in [-0.15, -0.1) is 0 Å². The molecule has 1 aliphatic heterocycles. The van der Waals surface area contributed by atoms with Gasteiger partial charge in [-0.3, -0.25) is 9.36 Å². The molecule has 0 radical (unpaired) electrons. The predicted molar refractivity (Wildman–Crippen MR) is 66.5 cm³/mol. The minimum atomic E-state index is -5.00. The minimum absolute atomic E-state index is 0.0202. The Bertz CT molecular complexity index is 610. The van der Waals surface area contributed by atoms with Crippen molar-refractivity contribution in [2.75, 3.05) is 18.9 Å². The number of aromatic nitrogens is 2. The van der Waals surface area contributed by atoms with Crippen molar-refractivity contribution in [3.05, 3.63) is 22.2 Å². The quantitative estimate of drug-likeness (QED) is 0.764. The summed E-state index contributed by atoms with van der Waals surface area (Å²) in [4.78, 5) is 25.9. The largest absolute Gasteiger partial charge is 0.471 e. The maximum absolute atomic E-state index is 12.1. The molecule has 1 aromatic heterocycles. The van der Waals surface area contributed by atoms with Gasteiger partial charge >= 0.3 is 17.8 Å². The Morgan fingerprint density at radius 2 is 2.09 bits per heavy atom. The molecule has 1 saturated heterocycles. The molecule has 0 aromatic carbocycles. The van der Waals surface area contributed by atoms with E-state index in [1.807, 2.05) is 0 Å². The highest BCUT2D eigenvalue weighted by Gasteiger charge is 2.38. The van der Waals surface area contributed by atoms with Crippen molar-refractivity contribution in [2.24, 2.45) is 0 Å². The van der Waals surface area contributed by atoms with Crippen LogP contribution in [-0.2, 0) is 27.4 Å². The number of hydrogen-bond acceptors (Lipinski definition) is 6. The van der Waals surface area contributed by atoms with Crippen LogP contribution in [0, 0.1) is 0 Å². The lowest BCUT2D eigenvalue weighted by Crippen LogP contribution is -2.37. The molecule has 3 N–H and O–H groups in total. The molecule has 0 bridgehead atoms. The number of carbonyl (C=O) groups excluding carboxylic acids is 1. The fourth-order valence-corrected chi connectivity index (χ4v) is 1.76. The fraction of sp³-hybridized carbons (Fsp3) is 0.545. The second-order valence-electron chi connectivity index (χ2n) is 4.44. The number of ether oxygens (including phenoxy) is 2. The number of nitrogens with zero attached hydrogens (tertiary/aromatic N) is 2. The zero-order valence-corrected chi connectivity index (χ0v) is 11.2. The number of rotatable bonds is 4. The van der Waals surface area contributed by atoms with E-state index in [0.717, 1.165) is 4.57 Å². The highest BCUT2D eigenvalue weighted by Crippen LogP contribution is 2.15. The number of anilines is 1. The minimum Gasteiger partial charge on any atom is -0.383 e. The summed E-state index contributed by atoms with van der Waals surface area (Å²) in [5, 5.41) is 1.66. The van der Waals surface area contributed by atoms with Gasteiger partial charge in [-0.2, -0.15) is 18.2 Å². The topological polar surface area (TPSA) is 108 Å². The van der Waals surface area contributed by atoms with E-state index in [1.54, 1.807) is 5.32 Å². The summed E-state index contributed by atoms with van der Waals surface area (Å²) in [7, 11) is 0. The van der Waals surface area contributed by atoms with Crippen LogP contribution in [0.1, 0.15) is 5.56 Å². The molecule has 0 aliphatic carbocycles. The number of carbonyl (C=O) groups is 1. The average Bonchev–Trinajstić information content (AvgIpc) is 2.92. The van der Waals surface area contributed by atoms with Gasteiger partial charge in [0.15, 0.2) is 6.29 Å². The van der Waals surface area contributed by atoms with Crippen LogP contribution >= 0.6 is 0 Å². The Morgan fingerprint density at radius 3 is 2.68 bits per heavy atom. The molecule has 0 saturated carbocycles. The molecule has 1 fully saturated rings. The van der Waals surface area contributed by atoms with Crippen molar-refractivity contribution in [3.63, 3.8) is 0 Å². The third kappa shape index (κ3) is 3.95. The SMILES string of the molecule is Nc1nc(=O)n(CC2OCCO2)cc1CNC(=O)C(F)(F)F. The normalized spacial score (nSPS) is 16.0. The molecule has 8 nitrogen and oxygen atoms in total. The van der Waals surface area contributed by atoms with Crippen LogP contribution in [-0.4, -0.2) is 41.1 Å². The third-order valence-electron chi connectivity index (χ3n) is 2.84. The zero-order chi connectivity index (χ0) is 16.3. The lowest BCUT2D eigenvalue weighted by Gasteiger charge is -2.14. The summed E-state index contributed by atoms with van der Waals surface area (Å²) in [6, 6.07) is 0. The first kappa shape index (κ1) is 16.2. The Balaban J connectivity index is 2.10. The number of amides is 1. The molecular weight excluding hydrogens is 309 g/mol. The first-order valence-corrected chi connectivity index (χ1v) is 6.21. The van der Waals surface area contributed by atoms with Gasteiger partial charge in [-0.05, 0) is 0 Å². The van der Waals surface area contributed by atoms with E-state index in [-0.39, 0.29) is 17.9 Å². The molecule has 2 rings (SSSR count). The van der Waals surface area contributed by atoms with Gasteiger partial charge in [0.1, 0.15) is 5.82 Å². The van der Waals surface area contributed by atoms with Crippen molar-refractivity contribution in [3.8, 4) is 0 Å². The molecular formula is C11H13F3N4O4. The molecule has 1 amide bonds. The number of nitrogen functional groups attached to an aromatic ring is 1. The van der Waals surface area contributed by atoms with Crippen LogP contribution < -0.4 is 16.7 Å². The van der Waals surface area contributed by atoms with Crippen LogP contribution in [0.15, 0.2) is 11.0 Å². The zero-order valence-electron chi connectivity index (χ0n) is 11.2. The third-order valence-corrected chi connectivity index (χ3v) is 2.84. The first-order valence-electron chi connectivity index (χ1n) is 6.21. The van der Waals surface area contributed by atoms with E-state index in [2.05, 4.69) is 4.98 Å². The van der Waals surface area contributed by atoms with Crippen LogP contribution in [0.25, 0.3) is 0 Å². The second-order valence-corrected chi connectivity index (χ2v) is 4.44. The molecule has 1 aliphatic rings. The molecule has 1 aromatic rings. The Hall–Kier alpha value is -2.14. The van der Waals surface area contributed by atoms with Crippen molar-refractivity contribution in [1.29, 1.82) is 0 Å². The van der Waals surface area contributed by atoms with Crippen molar-refractivity contribution in [1.82, 2.24) is 14.9 Å². The molecule has 0 spiro atoms. The molecule has 11 heteroatoms. The maximum atomic E-state index is 12.1. The highest BCUT2D eigenvalue weighted by atomic mass is 19.4. The number of hydrogen-bond donors (Lipinski definition) is 2. The fourth-order valence-electron chi connectivity index (χ4n) is 1.76. The summed E-state index contributed by atoms with van der Waals surface area (Å²) in [5.74, 6) is -2.36. The first-order chi connectivity index (χ1) is 10.3. The van der Waals surface area contributed by atoms with Crippen LogP contribution in [0.3, 0.4) is 0 Å². The molecule has 2 heterocycles. The number of nitrogens with one attached hydrogen (secondary N) is 1. The Kier molecular flexibility index (Phi) is 4.66. The van der Waals surface area contributed by atoms with Crippen molar-refractivity contribution in [2.45, 2.75) is 25.6 Å². The lowest BCUT2D eigenvalue weighted by atomic mass is 10.3. The van der Waals surface area contributed by atoms with Crippen LogP contribution in [0.4, 0.5) is 19.0 Å². The summed E-state index contributed by atoms with van der Waals surface area (Å²) in [6.07, 6.45) is -4.42. The van der Waals surface area contributed by atoms with Crippen molar-refractivity contribution < 1.29 is 27.4 Å². The van der Waals surface area contributed by atoms with E-state index >= 15 is 0 Å². The highest BCUT2D eigenvalue weighted by molar-refractivity contribution is 5.81. The Labute approximate surface area is 122 Å². The summed E-state index contributed by atoms with van der Waals surface area (Å²) >= 11 is 0. The maximum Gasteiger partial charge on any atom is 0.471 e. The summed E-state index contributed by atoms with van der Waals surface area (Å²) in [6.45, 7) is 0.281. The second kappa shape index (κ2) is 6.32. The van der Waals surface area contributed by atoms with Crippen LogP contribution in [0.5, 0.6) is 0 Å². The Morgan fingerprint density at radius 1 is 1.45 bits per heavy atom. The smallest absolute Gasteiger partial charge is 0.383 e. The van der Waals surface area contributed by atoms with E-state index in [9.17, 15) is 22.8 Å². The standard InChI is InChI=1S/C11H13F3N4O4/c12-11(13,14)9(19)16-3-6-4-18(10(20)17-8(6)15)5-7-21-1-2-22-7/h4,7H,1-3,5H2,(H,16,19)(H2,15,17,20). The average molecular weight is 322 g/mol. The van der Waals surface area contributed by atoms with Gasteiger partial charge in [0.25, 0.3) is 0 Å². The van der Waals surface area contributed by atoms with Gasteiger partial charge in [-0.25, -0.2) is 4.79 Å². The molecule has 22 heavy (non-hydrogen) atoms. The monoisotopic (exact) mass is 322 g/mol. The molecule has 0 atom stereocenters. The van der Waals surface area contributed by atoms with E-state index < -0.39 is 30.6 Å². The lowest BCUT2D eigenvalue weighted by molar-refractivity contribution is -0.173. The number of nitrogens with two attached hydrogens (primary N) is 1. The summed E-state index contributed by atoms with van der Waals surface area (Å²) in [5.41, 5.74) is 4.86. The molecule has 0 unspecified atom stereocenters. The predicted octanol–water partition coefficient (Wildman–Crippen LogP) is -0.623. The van der Waals surface area contributed by atoms with Gasteiger partial charge < -0.3 is 20.5 Å². The van der Waals surface area contributed by atoms with Crippen LogP contribution in [0.2, 0.25) is 0 Å². The van der Waals surface area contributed by atoms with E-state index in [1.165, 1.54) is 6.20 Å². The van der Waals surface area contributed by atoms with Crippen molar-refractivity contribution >= 4 is 11.7 Å². The number of alkyl halides is 3. The number of halogens is 3. The van der Waals surface area contributed by atoms with E-state index in [4.69, 9.17) is 15.2 Å². The van der Waals surface area contributed by atoms with E-state index in [0.29, 0.717) is 13.2 Å². The van der Waals surface area contributed by atoms with Gasteiger partial charge in [-0.1, -0.05) is 0 Å². The van der Waals surface area contributed by atoms with Gasteiger partial charge in [0.2, 0.25) is 0 Å². The summed E-state index contributed by atoms with van der Waals surface area (Å²) < 4.78 is 47.8. The van der Waals surface area contributed by atoms with Gasteiger partial charge in [0.05, 0.1) is 19.8 Å².